The minimum absolute atomic E-state index is 0.0941. The fraction of sp³-hybridized carbons (Fsp3) is 0.294. The van der Waals surface area contributed by atoms with Crippen molar-refractivity contribution < 1.29 is 18.7 Å². The van der Waals surface area contributed by atoms with Crippen LogP contribution in [0.3, 0.4) is 0 Å². The van der Waals surface area contributed by atoms with Crippen LogP contribution in [0.2, 0.25) is 0 Å². The molecule has 2 aromatic rings. The van der Waals surface area contributed by atoms with E-state index in [-0.39, 0.29) is 18.2 Å². The Morgan fingerprint density at radius 1 is 1.10 bits per heavy atom. The molecule has 0 bridgehead atoms. The molecule has 110 valence electrons. The number of furan rings is 1. The highest BCUT2D eigenvalue weighted by Crippen LogP contribution is 2.22. The smallest absolute Gasteiger partial charge is 0.374 e. The molecule has 0 atom stereocenters. The third-order valence-electron chi connectivity index (χ3n) is 3.70. The molecule has 0 saturated carbocycles. The third kappa shape index (κ3) is 3.05. The number of Topliss-reactive ketones (excluding diaryl/α,β-unsaturated/α-hetero) is 1. The van der Waals surface area contributed by atoms with Gasteiger partial charge >= 0.3 is 5.97 Å². The van der Waals surface area contributed by atoms with Crippen LogP contribution >= 0.6 is 0 Å². The van der Waals surface area contributed by atoms with Crippen LogP contribution in [0, 0.1) is 27.7 Å². The Labute approximate surface area is 123 Å². The lowest BCUT2D eigenvalue weighted by Crippen LogP contribution is -2.17. The second-order valence-corrected chi connectivity index (χ2v) is 5.11. The molecule has 0 fully saturated rings. The van der Waals surface area contributed by atoms with Crippen molar-refractivity contribution in [3.05, 3.63) is 58.0 Å². The first-order valence-electron chi connectivity index (χ1n) is 6.73. The second-order valence-electron chi connectivity index (χ2n) is 5.11. The zero-order valence-electron chi connectivity index (χ0n) is 12.6. The van der Waals surface area contributed by atoms with Crippen molar-refractivity contribution in [1.29, 1.82) is 0 Å². The van der Waals surface area contributed by atoms with E-state index in [4.69, 9.17) is 9.15 Å². The molecule has 2 rings (SSSR count). The van der Waals surface area contributed by atoms with E-state index in [2.05, 4.69) is 6.07 Å². The minimum atomic E-state index is -0.631. The largest absolute Gasteiger partial charge is 0.457 e. The van der Waals surface area contributed by atoms with Crippen molar-refractivity contribution in [2.45, 2.75) is 27.7 Å². The number of aryl methyl sites for hydroxylation is 2. The van der Waals surface area contributed by atoms with E-state index in [1.165, 1.54) is 12.3 Å². The molecule has 0 saturated heterocycles. The summed E-state index contributed by atoms with van der Waals surface area (Å²) >= 11 is 0. The van der Waals surface area contributed by atoms with Crippen LogP contribution in [0.15, 0.2) is 28.9 Å². The summed E-state index contributed by atoms with van der Waals surface area (Å²) < 4.78 is 9.94. The topological polar surface area (TPSA) is 56.5 Å². The van der Waals surface area contributed by atoms with Gasteiger partial charge < -0.3 is 9.15 Å². The highest BCUT2D eigenvalue weighted by molar-refractivity contribution is 6.01. The maximum Gasteiger partial charge on any atom is 0.374 e. The van der Waals surface area contributed by atoms with Gasteiger partial charge in [0.2, 0.25) is 11.5 Å². The first-order chi connectivity index (χ1) is 9.91. The van der Waals surface area contributed by atoms with E-state index in [0.717, 1.165) is 22.3 Å². The van der Waals surface area contributed by atoms with Crippen molar-refractivity contribution in [3.8, 4) is 0 Å². The van der Waals surface area contributed by atoms with Gasteiger partial charge in [0.15, 0.2) is 6.61 Å². The van der Waals surface area contributed by atoms with Gasteiger partial charge in [-0.25, -0.2) is 4.79 Å². The van der Waals surface area contributed by atoms with E-state index in [9.17, 15) is 9.59 Å². The highest BCUT2D eigenvalue weighted by atomic mass is 16.5. The lowest BCUT2D eigenvalue weighted by Gasteiger charge is -2.14. The van der Waals surface area contributed by atoms with Crippen molar-refractivity contribution in [2.75, 3.05) is 6.61 Å². The van der Waals surface area contributed by atoms with Crippen molar-refractivity contribution >= 4 is 11.8 Å². The normalized spacial score (nSPS) is 10.5. The maximum atomic E-state index is 12.4. The van der Waals surface area contributed by atoms with Crippen LogP contribution in [0.25, 0.3) is 0 Å². The number of ether oxygens (including phenoxy) is 1. The predicted molar refractivity (Wildman–Crippen MR) is 78.7 cm³/mol. The van der Waals surface area contributed by atoms with Gasteiger partial charge in [-0.1, -0.05) is 6.07 Å². The molecule has 0 aliphatic heterocycles. The van der Waals surface area contributed by atoms with E-state index >= 15 is 0 Å². The number of ketones is 1. The monoisotopic (exact) mass is 286 g/mol. The van der Waals surface area contributed by atoms with Crippen LogP contribution in [-0.2, 0) is 4.74 Å². The second kappa shape index (κ2) is 5.95. The van der Waals surface area contributed by atoms with Crippen LogP contribution in [-0.4, -0.2) is 18.4 Å². The van der Waals surface area contributed by atoms with Gasteiger partial charge in [-0.05, 0) is 62.1 Å². The Morgan fingerprint density at radius 3 is 2.24 bits per heavy atom. The molecule has 21 heavy (non-hydrogen) atoms. The molecule has 0 aliphatic carbocycles. The summed E-state index contributed by atoms with van der Waals surface area (Å²) in [5.41, 5.74) is 4.60. The number of carbonyl (C=O) groups is 2. The molecule has 0 amide bonds. The first kappa shape index (κ1) is 15.0. The average Bonchev–Trinajstić information content (AvgIpc) is 2.97. The number of benzene rings is 1. The van der Waals surface area contributed by atoms with E-state index in [1.807, 2.05) is 27.7 Å². The molecular weight excluding hydrogens is 268 g/mol. The van der Waals surface area contributed by atoms with Gasteiger partial charge in [-0.15, -0.1) is 0 Å². The van der Waals surface area contributed by atoms with Gasteiger partial charge in [-0.2, -0.15) is 0 Å². The predicted octanol–water partition coefficient (Wildman–Crippen LogP) is 3.55. The van der Waals surface area contributed by atoms with E-state index < -0.39 is 5.97 Å². The lowest BCUT2D eigenvalue weighted by atomic mass is 9.92. The quantitative estimate of drug-likeness (QED) is 0.637. The number of hydrogen-bond acceptors (Lipinski definition) is 4. The fourth-order valence-electron chi connectivity index (χ4n) is 2.30. The van der Waals surface area contributed by atoms with Crippen molar-refractivity contribution in [3.63, 3.8) is 0 Å². The van der Waals surface area contributed by atoms with Crippen LogP contribution in [0.1, 0.15) is 43.2 Å². The van der Waals surface area contributed by atoms with Crippen LogP contribution in [0.4, 0.5) is 0 Å². The third-order valence-corrected chi connectivity index (χ3v) is 3.70. The van der Waals surface area contributed by atoms with Crippen molar-refractivity contribution in [2.24, 2.45) is 0 Å². The van der Waals surface area contributed by atoms with Gasteiger partial charge in [0.05, 0.1) is 6.26 Å². The van der Waals surface area contributed by atoms with Crippen molar-refractivity contribution in [1.82, 2.24) is 0 Å². The molecule has 0 N–H and O–H groups in total. The molecule has 0 spiro atoms. The first-order valence-corrected chi connectivity index (χ1v) is 6.73. The van der Waals surface area contributed by atoms with Gasteiger partial charge in [0, 0.05) is 5.56 Å². The summed E-state index contributed by atoms with van der Waals surface area (Å²) in [4.78, 5) is 24.0. The molecule has 0 aliphatic rings. The molecular formula is C17H18O4. The molecule has 4 nitrogen and oxygen atoms in total. The molecule has 1 heterocycles. The standard InChI is InChI=1S/C17H18O4/c1-10-8-11(2)13(4)16(12(10)3)14(18)9-21-17(19)15-6-5-7-20-15/h5-8H,9H2,1-4H3. The van der Waals surface area contributed by atoms with E-state index in [0.29, 0.717) is 5.56 Å². The Balaban J connectivity index is 2.16. The molecule has 0 radical (unpaired) electrons. The van der Waals surface area contributed by atoms with Gasteiger partial charge in [0.1, 0.15) is 0 Å². The number of hydrogen-bond donors (Lipinski definition) is 0. The summed E-state index contributed by atoms with van der Waals surface area (Å²) in [5.74, 6) is -0.735. The Hall–Kier alpha value is -2.36. The highest BCUT2D eigenvalue weighted by Gasteiger charge is 2.18. The summed E-state index contributed by atoms with van der Waals surface area (Å²) in [5, 5.41) is 0. The lowest BCUT2D eigenvalue weighted by molar-refractivity contribution is 0.0443. The number of rotatable bonds is 4. The van der Waals surface area contributed by atoms with E-state index in [1.54, 1.807) is 6.07 Å². The summed E-state index contributed by atoms with van der Waals surface area (Å²) in [6, 6.07) is 5.15. The zero-order valence-corrected chi connectivity index (χ0v) is 12.6. The fourth-order valence-corrected chi connectivity index (χ4v) is 2.30. The average molecular weight is 286 g/mol. The van der Waals surface area contributed by atoms with Gasteiger partial charge in [0.25, 0.3) is 0 Å². The zero-order chi connectivity index (χ0) is 15.6. The van der Waals surface area contributed by atoms with Gasteiger partial charge in [-0.3, -0.25) is 4.79 Å². The number of esters is 1. The number of carbonyl (C=O) groups excluding carboxylic acids is 2. The Bertz CT molecular complexity index is 655. The van der Waals surface area contributed by atoms with Crippen LogP contribution < -0.4 is 0 Å². The maximum absolute atomic E-state index is 12.4. The summed E-state index contributed by atoms with van der Waals surface area (Å²) in [6.45, 7) is 7.46. The summed E-state index contributed by atoms with van der Waals surface area (Å²) in [6.07, 6.45) is 1.39. The SMILES string of the molecule is Cc1cc(C)c(C)c(C(=O)COC(=O)c2ccco2)c1C. The molecule has 4 heteroatoms. The Kier molecular flexibility index (Phi) is 4.26. The molecule has 0 unspecified atom stereocenters. The molecule has 1 aromatic carbocycles. The van der Waals surface area contributed by atoms with Crippen LogP contribution in [0.5, 0.6) is 0 Å². The summed E-state index contributed by atoms with van der Waals surface area (Å²) in [7, 11) is 0. The molecule has 1 aromatic heterocycles. The minimum Gasteiger partial charge on any atom is -0.457 e. The Morgan fingerprint density at radius 2 is 1.71 bits per heavy atom.